The van der Waals surface area contributed by atoms with E-state index in [9.17, 15) is 5.11 Å². The molecule has 3 heteroatoms. The van der Waals surface area contributed by atoms with Gasteiger partial charge in [0.25, 0.3) is 0 Å². The molecule has 3 unspecified atom stereocenters. The van der Waals surface area contributed by atoms with Gasteiger partial charge in [0.05, 0.1) is 24.9 Å². The van der Waals surface area contributed by atoms with Crippen molar-refractivity contribution in [2.45, 2.75) is 57.1 Å². The number of hydrogen-bond donors (Lipinski definition) is 2. The number of nitrogens with two attached hydrogens (primary N) is 1. The average Bonchev–Trinajstić information content (AvgIpc) is 3.10. The fraction of sp³-hybridized carbons (Fsp3) is 1.00. The first kappa shape index (κ1) is 12.3. The smallest absolute Gasteiger partial charge is 0.0675 e. The van der Waals surface area contributed by atoms with E-state index >= 15 is 0 Å². The van der Waals surface area contributed by atoms with E-state index in [0.717, 1.165) is 31.6 Å². The molecule has 0 aromatic rings. The van der Waals surface area contributed by atoms with E-state index in [1.807, 2.05) is 0 Å². The van der Waals surface area contributed by atoms with Crippen LogP contribution in [0.25, 0.3) is 0 Å². The van der Waals surface area contributed by atoms with Gasteiger partial charge in [-0.2, -0.15) is 0 Å². The van der Waals surface area contributed by atoms with E-state index in [0.29, 0.717) is 18.6 Å². The molecule has 0 aliphatic heterocycles. The lowest BCUT2D eigenvalue weighted by Crippen LogP contribution is -2.51. The van der Waals surface area contributed by atoms with Crippen LogP contribution in [0.3, 0.4) is 0 Å². The largest absolute Gasteiger partial charge is 0.394 e. The van der Waals surface area contributed by atoms with Gasteiger partial charge in [-0.3, -0.25) is 0 Å². The van der Waals surface area contributed by atoms with E-state index in [1.54, 1.807) is 0 Å². The number of aliphatic hydroxyl groups excluding tert-OH is 1. The second kappa shape index (κ2) is 5.03. The van der Waals surface area contributed by atoms with Gasteiger partial charge < -0.3 is 15.6 Å². The molecule has 94 valence electrons. The summed E-state index contributed by atoms with van der Waals surface area (Å²) in [4.78, 5) is 0. The van der Waals surface area contributed by atoms with Gasteiger partial charge in [0.15, 0.2) is 0 Å². The molecule has 0 aromatic carbocycles. The summed E-state index contributed by atoms with van der Waals surface area (Å²) in [5, 5.41) is 9.37. The fourth-order valence-electron chi connectivity index (χ4n) is 2.75. The number of ether oxygens (including phenoxy) is 1. The van der Waals surface area contributed by atoms with Crippen LogP contribution < -0.4 is 5.73 Å². The first-order chi connectivity index (χ1) is 7.64. The monoisotopic (exact) mass is 227 g/mol. The Balaban J connectivity index is 1.76. The van der Waals surface area contributed by atoms with Gasteiger partial charge in [0, 0.05) is 0 Å². The van der Waals surface area contributed by atoms with Crippen molar-refractivity contribution in [1.82, 2.24) is 0 Å². The summed E-state index contributed by atoms with van der Waals surface area (Å²) in [7, 11) is 0. The van der Waals surface area contributed by atoms with Gasteiger partial charge in [-0.15, -0.1) is 0 Å². The Hall–Kier alpha value is -0.120. The normalized spacial score (nSPS) is 34.7. The van der Waals surface area contributed by atoms with Crippen LogP contribution in [0.4, 0.5) is 0 Å². The molecule has 0 spiro atoms. The Kier molecular flexibility index (Phi) is 3.88. The Morgan fingerprint density at radius 1 is 1.31 bits per heavy atom. The summed E-state index contributed by atoms with van der Waals surface area (Å²) >= 11 is 0. The molecule has 2 rings (SSSR count). The number of hydrogen-bond acceptors (Lipinski definition) is 3. The Morgan fingerprint density at radius 3 is 2.62 bits per heavy atom. The lowest BCUT2D eigenvalue weighted by atomic mass is 9.88. The Labute approximate surface area is 98.4 Å². The van der Waals surface area contributed by atoms with Crippen molar-refractivity contribution in [3.05, 3.63) is 0 Å². The average molecular weight is 227 g/mol. The summed E-state index contributed by atoms with van der Waals surface area (Å²) in [6.07, 6.45) is 7.60. The third kappa shape index (κ3) is 2.96. The highest BCUT2D eigenvalue weighted by Gasteiger charge is 2.42. The van der Waals surface area contributed by atoms with Crippen LogP contribution in [-0.2, 0) is 4.74 Å². The molecule has 2 aliphatic carbocycles. The highest BCUT2D eigenvalue weighted by molar-refractivity contribution is 4.98. The Bertz CT molecular complexity index is 230. The molecule has 16 heavy (non-hydrogen) atoms. The minimum absolute atomic E-state index is 0.0555. The van der Waals surface area contributed by atoms with Gasteiger partial charge in [0.2, 0.25) is 0 Å². The predicted molar refractivity (Wildman–Crippen MR) is 64.1 cm³/mol. The zero-order valence-electron chi connectivity index (χ0n) is 10.3. The van der Waals surface area contributed by atoms with Crippen molar-refractivity contribution in [2.24, 2.45) is 17.6 Å². The van der Waals surface area contributed by atoms with Gasteiger partial charge in [-0.1, -0.05) is 19.8 Å². The standard InChI is InChI=1S/C13H25NO2/c1-10-3-2-4-12(7-10)16-9-13(14,8-15)11-5-6-11/h10-12,15H,2-9,14H2,1H3. The molecule has 0 bridgehead atoms. The number of aliphatic hydroxyl groups is 1. The maximum Gasteiger partial charge on any atom is 0.0675 e. The maximum absolute atomic E-state index is 9.37. The SMILES string of the molecule is CC1CCCC(OCC(N)(CO)C2CC2)C1. The number of rotatable bonds is 5. The van der Waals surface area contributed by atoms with Crippen LogP contribution in [0.15, 0.2) is 0 Å². The zero-order valence-corrected chi connectivity index (χ0v) is 10.3. The van der Waals surface area contributed by atoms with E-state index in [2.05, 4.69) is 6.92 Å². The van der Waals surface area contributed by atoms with Crippen molar-refractivity contribution >= 4 is 0 Å². The van der Waals surface area contributed by atoms with Crippen LogP contribution in [0, 0.1) is 11.8 Å². The molecule has 3 N–H and O–H groups in total. The minimum Gasteiger partial charge on any atom is -0.394 e. The highest BCUT2D eigenvalue weighted by Crippen LogP contribution is 2.38. The molecule has 3 nitrogen and oxygen atoms in total. The molecular weight excluding hydrogens is 202 g/mol. The molecule has 0 radical (unpaired) electrons. The fourth-order valence-corrected chi connectivity index (χ4v) is 2.75. The van der Waals surface area contributed by atoms with Crippen LogP contribution >= 0.6 is 0 Å². The van der Waals surface area contributed by atoms with E-state index in [-0.39, 0.29) is 6.61 Å². The molecule has 2 fully saturated rings. The lowest BCUT2D eigenvalue weighted by Gasteiger charge is -2.32. The third-order valence-corrected chi connectivity index (χ3v) is 4.16. The summed E-state index contributed by atoms with van der Waals surface area (Å²) in [6, 6.07) is 0. The summed E-state index contributed by atoms with van der Waals surface area (Å²) < 4.78 is 5.93. The maximum atomic E-state index is 9.37. The minimum atomic E-state index is -0.472. The van der Waals surface area contributed by atoms with Crippen LogP contribution in [0.2, 0.25) is 0 Å². The topological polar surface area (TPSA) is 55.5 Å². The predicted octanol–water partition coefficient (Wildman–Crippen LogP) is 1.68. The molecule has 2 aliphatic rings. The van der Waals surface area contributed by atoms with Crippen LogP contribution in [-0.4, -0.2) is 30.0 Å². The molecular formula is C13H25NO2. The van der Waals surface area contributed by atoms with Crippen LogP contribution in [0.5, 0.6) is 0 Å². The summed E-state index contributed by atoms with van der Waals surface area (Å²) in [5.41, 5.74) is 5.71. The summed E-state index contributed by atoms with van der Waals surface area (Å²) in [5.74, 6) is 1.26. The van der Waals surface area contributed by atoms with Crippen molar-refractivity contribution in [3.63, 3.8) is 0 Å². The van der Waals surface area contributed by atoms with E-state index in [4.69, 9.17) is 10.5 Å². The van der Waals surface area contributed by atoms with Crippen molar-refractivity contribution in [1.29, 1.82) is 0 Å². The molecule has 0 aromatic heterocycles. The van der Waals surface area contributed by atoms with Gasteiger partial charge in [-0.25, -0.2) is 0 Å². The van der Waals surface area contributed by atoms with Gasteiger partial charge >= 0.3 is 0 Å². The third-order valence-electron chi connectivity index (χ3n) is 4.16. The lowest BCUT2D eigenvalue weighted by molar-refractivity contribution is -0.0272. The molecule has 0 heterocycles. The second-order valence-corrected chi connectivity index (χ2v) is 5.87. The van der Waals surface area contributed by atoms with Gasteiger partial charge in [-0.05, 0) is 37.5 Å². The molecule has 0 amide bonds. The quantitative estimate of drug-likeness (QED) is 0.751. The zero-order chi connectivity index (χ0) is 11.6. The van der Waals surface area contributed by atoms with Crippen molar-refractivity contribution < 1.29 is 9.84 Å². The van der Waals surface area contributed by atoms with Crippen LogP contribution in [0.1, 0.15) is 45.4 Å². The highest BCUT2D eigenvalue weighted by atomic mass is 16.5. The molecule has 3 atom stereocenters. The van der Waals surface area contributed by atoms with Crippen molar-refractivity contribution in [3.8, 4) is 0 Å². The molecule has 2 saturated carbocycles. The first-order valence-corrected chi connectivity index (χ1v) is 6.65. The van der Waals surface area contributed by atoms with Gasteiger partial charge in [0.1, 0.15) is 0 Å². The first-order valence-electron chi connectivity index (χ1n) is 6.65. The molecule has 0 saturated heterocycles. The second-order valence-electron chi connectivity index (χ2n) is 5.87. The summed E-state index contributed by atoms with van der Waals surface area (Å²) in [6.45, 7) is 2.88. The Morgan fingerprint density at radius 2 is 2.06 bits per heavy atom. The van der Waals surface area contributed by atoms with Crippen molar-refractivity contribution in [2.75, 3.05) is 13.2 Å². The van der Waals surface area contributed by atoms with E-state index < -0.39 is 5.54 Å². The van der Waals surface area contributed by atoms with E-state index in [1.165, 1.54) is 12.8 Å².